The van der Waals surface area contributed by atoms with Crippen LogP contribution in [0.25, 0.3) is 11.0 Å². The third-order valence-electron chi connectivity index (χ3n) is 4.43. The van der Waals surface area contributed by atoms with Crippen LogP contribution in [0.5, 0.6) is 0 Å². The van der Waals surface area contributed by atoms with Crippen molar-refractivity contribution in [1.82, 2.24) is 10.2 Å². The van der Waals surface area contributed by atoms with Crippen molar-refractivity contribution in [3.05, 3.63) is 35.6 Å². The number of hydrogen-bond donors (Lipinski definition) is 1. The third kappa shape index (κ3) is 3.47. The fraction of sp³-hybridized carbons (Fsp3) is 0.556. The van der Waals surface area contributed by atoms with Gasteiger partial charge in [-0.05, 0) is 51.5 Å². The molecular weight excluding hydrogens is 260 g/mol. The van der Waals surface area contributed by atoms with E-state index >= 15 is 0 Å². The third-order valence-corrected chi connectivity index (χ3v) is 4.43. The maximum atomic E-state index is 5.94. The van der Waals surface area contributed by atoms with Gasteiger partial charge in [0.25, 0.3) is 0 Å². The highest BCUT2D eigenvalue weighted by atomic mass is 16.3. The molecule has 1 aliphatic rings. The monoisotopic (exact) mass is 286 g/mol. The highest BCUT2D eigenvalue weighted by molar-refractivity contribution is 5.82. The van der Waals surface area contributed by atoms with Gasteiger partial charge in [0.1, 0.15) is 11.3 Å². The van der Waals surface area contributed by atoms with Crippen molar-refractivity contribution in [2.24, 2.45) is 0 Å². The van der Waals surface area contributed by atoms with Gasteiger partial charge in [0.05, 0.1) is 0 Å². The summed E-state index contributed by atoms with van der Waals surface area (Å²) in [4.78, 5) is 2.58. The van der Waals surface area contributed by atoms with Crippen molar-refractivity contribution in [3.8, 4) is 0 Å². The molecule has 0 amide bonds. The lowest BCUT2D eigenvalue weighted by atomic mass is 10.1. The molecule has 0 saturated carbocycles. The summed E-state index contributed by atoms with van der Waals surface area (Å²) in [6.45, 7) is 7.99. The van der Waals surface area contributed by atoms with E-state index in [9.17, 15) is 0 Å². The lowest BCUT2D eigenvalue weighted by Crippen LogP contribution is -2.24. The molecule has 1 aromatic heterocycles. The number of furan rings is 1. The van der Waals surface area contributed by atoms with E-state index < -0.39 is 0 Å². The molecule has 0 aliphatic carbocycles. The highest BCUT2D eigenvalue weighted by Gasteiger charge is 2.12. The van der Waals surface area contributed by atoms with Crippen molar-refractivity contribution in [1.29, 1.82) is 0 Å². The van der Waals surface area contributed by atoms with Gasteiger partial charge < -0.3 is 14.6 Å². The molecule has 1 aliphatic heterocycles. The predicted molar refractivity (Wildman–Crippen MR) is 87.6 cm³/mol. The summed E-state index contributed by atoms with van der Waals surface area (Å²) in [5, 5.41) is 4.86. The summed E-state index contributed by atoms with van der Waals surface area (Å²) in [5.74, 6) is 1.13. The SMILES string of the molecule is CCc1oc2ccccc2c1CNCCCN1CCCC1. The molecule has 1 saturated heterocycles. The van der Waals surface area contributed by atoms with Crippen LogP contribution in [-0.2, 0) is 13.0 Å². The molecule has 2 heterocycles. The smallest absolute Gasteiger partial charge is 0.134 e. The number of nitrogens with one attached hydrogen (secondary N) is 1. The van der Waals surface area contributed by atoms with Crippen LogP contribution < -0.4 is 5.32 Å². The van der Waals surface area contributed by atoms with E-state index in [1.54, 1.807) is 0 Å². The van der Waals surface area contributed by atoms with Gasteiger partial charge in [-0.3, -0.25) is 0 Å². The molecule has 0 radical (unpaired) electrons. The molecule has 1 N–H and O–H groups in total. The molecule has 1 fully saturated rings. The van der Waals surface area contributed by atoms with Crippen molar-refractivity contribution in [3.63, 3.8) is 0 Å². The minimum absolute atomic E-state index is 0.917. The van der Waals surface area contributed by atoms with Gasteiger partial charge in [-0.25, -0.2) is 0 Å². The van der Waals surface area contributed by atoms with Gasteiger partial charge in [-0.15, -0.1) is 0 Å². The van der Waals surface area contributed by atoms with Gasteiger partial charge >= 0.3 is 0 Å². The second-order valence-electron chi connectivity index (χ2n) is 5.93. The first-order valence-corrected chi connectivity index (χ1v) is 8.31. The first-order valence-electron chi connectivity index (χ1n) is 8.31. The molecule has 0 atom stereocenters. The van der Waals surface area contributed by atoms with E-state index in [0.29, 0.717) is 0 Å². The van der Waals surface area contributed by atoms with Gasteiger partial charge in [0, 0.05) is 23.9 Å². The Balaban J connectivity index is 1.52. The number of nitrogens with zero attached hydrogens (tertiary/aromatic N) is 1. The normalized spacial score (nSPS) is 16.0. The van der Waals surface area contributed by atoms with Crippen LogP contribution in [0.2, 0.25) is 0 Å². The molecule has 0 bridgehead atoms. The van der Waals surface area contributed by atoms with Crippen LogP contribution in [0.15, 0.2) is 28.7 Å². The molecule has 0 spiro atoms. The number of hydrogen-bond acceptors (Lipinski definition) is 3. The fourth-order valence-electron chi connectivity index (χ4n) is 3.28. The summed E-state index contributed by atoms with van der Waals surface area (Å²) in [6.07, 6.45) is 4.96. The van der Waals surface area contributed by atoms with Crippen molar-refractivity contribution >= 4 is 11.0 Å². The Hall–Kier alpha value is -1.32. The summed E-state index contributed by atoms with van der Waals surface area (Å²) < 4.78 is 5.94. The average molecular weight is 286 g/mol. The minimum Gasteiger partial charge on any atom is -0.461 e. The Bertz CT molecular complexity index is 570. The predicted octanol–water partition coefficient (Wildman–Crippen LogP) is 3.57. The average Bonchev–Trinajstić information content (AvgIpc) is 3.14. The van der Waals surface area contributed by atoms with E-state index in [0.717, 1.165) is 30.9 Å². The first kappa shape index (κ1) is 14.6. The van der Waals surface area contributed by atoms with E-state index in [-0.39, 0.29) is 0 Å². The van der Waals surface area contributed by atoms with Crippen LogP contribution in [0, 0.1) is 0 Å². The molecule has 0 unspecified atom stereocenters. The Morgan fingerprint density at radius 1 is 1.19 bits per heavy atom. The van der Waals surface area contributed by atoms with Crippen molar-refractivity contribution in [2.45, 2.75) is 39.2 Å². The topological polar surface area (TPSA) is 28.4 Å². The van der Waals surface area contributed by atoms with Crippen LogP contribution in [-0.4, -0.2) is 31.1 Å². The molecule has 114 valence electrons. The van der Waals surface area contributed by atoms with Gasteiger partial charge in [-0.2, -0.15) is 0 Å². The molecule has 1 aromatic carbocycles. The largest absolute Gasteiger partial charge is 0.461 e. The Labute approximate surface area is 127 Å². The molecule has 3 rings (SSSR count). The first-order chi connectivity index (χ1) is 10.4. The van der Waals surface area contributed by atoms with Crippen LogP contribution in [0.4, 0.5) is 0 Å². The van der Waals surface area contributed by atoms with Crippen molar-refractivity contribution < 1.29 is 4.42 Å². The Morgan fingerprint density at radius 2 is 2.00 bits per heavy atom. The van der Waals surface area contributed by atoms with Crippen molar-refractivity contribution in [2.75, 3.05) is 26.2 Å². The molecule has 3 nitrogen and oxygen atoms in total. The summed E-state index contributed by atoms with van der Waals surface area (Å²) in [5.41, 5.74) is 2.36. The van der Waals surface area contributed by atoms with Gasteiger partial charge in [-0.1, -0.05) is 25.1 Å². The number of aryl methyl sites for hydroxylation is 1. The Kier molecular flexibility index (Phi) is 4.94. The quantitative estimate of drug-likeness (QED) is 0.789. The number of rotatable bonds is 7. The molecule has 21 heavy (non-hydrogen) atoms. The van der Waals surface area contributed by atoms with Crippen LogP contribution >= 0.6 is 0 Å². The van der Waals surface area contributed by atoms with Crippen LogP contribution in [0.1, 0.15) is 37.5 Å². The lowest BCUT2D eigenvalue weighted by molar-refractivity contribution is 0.331. The molecule has 3 heteroatoms. The van der Waals surface area contributed by atoms with Gasteiger partial charge in [0.2, 0.25) is 0 Å². The zero-order valence-corrected chi connectivity index (χ0v) is 13.0. The summed E-state index contributed by atoms with van der Waals surface area (Å²) in [7, 11) is 0. The van der Waals surface area contributed by atoms with E-state index in [2.05, 4.69) is 35.3 Å². The second kappa shape index (κ2) is 7.10. The zero-order valence-electron chi connectivity index (χ0n) is 13.0. The number of para-hydroxylation sites is 1. The lowest BCUT2D eigenvalue weighted by Gasteiger charge is -2.14. The molecule has 2 aromatic rings. The standard InChI is InChI=1S/C18H26N2O/c1-2-17-16(15-8-3-4-9-18(15)21-17)14-19-10-7-13-20-11-5-6-12-20/h3-4,8-9,19H,2,5-7,10-14H2,1H3. The number of benzene rings is 1. The van der Waals surface area contributed by atoms with E-state index in [1.165, 1.54) is 49.8 Å². The van der Waals surface area contributed by atoms with E-state index in [4.69, 9.17) is 4.42 Å². The maximum absolute atomic E-state index is 5.94. The molecular formula is C18H26N2O. The second-order valence-corrected chi connectivity index (χ2v) is 5.93. The maximum Gasteiger partial charge on any atom is 0.134 e. The van der Waals surface area contributed by atoms with E-state index in [1.807, 2.05) is 6.07 Å². The minimum atomic E-state index is 0.917. The fourth-order valence-corrected chi connectivity index (χ4v) is 3.28. The summed E-state index contributed by atoms with van der Waals surface area (Å²) in [6, 6.07) is 8.36. The highest BCUT2D eigenvalue weighted by Crippen LogP contribution is 2.26. The van der Waals surface area contributed by atoms with Crippen LogP contribution in [0.3, 0.4) is 0 Å². The number of fused-ring (bicyclic) bond motifs is 1. The zero-order chi connectivity index (χ0) is 14.5. The Morgan fingerprint density at radius 3 is 2.81 bits per heavy atom. The summed E-state index contributed by atoms with van der Waals surface area (Å²) >= 11 is 0. The number of likely N-dealkylation sites (tertiary alicyclic amines) is 1. The van der Waals surface area contributed by atoms with Gasteiger partial charge in [0.15, 0.2) is 0 Å².